The average Bonchev–Trinajstić information content (AvgIpc) is 3.36. The summed E-state index contributed by atoms with van der Waals surface area (Å²) in [6.45, 7) is 1.58. The van der Waals surface area contributed by atoms with Gasteiger partial charge in [-0.25, -0.2) is 14.0 Å². The normalized spacial score (nSPS) is 17.3. The van der Waals surface area contributed by atoms with Crippen LogP contribution in [0, 0.1) is 17.7 Å². The van der Waals surface area contributed by atoms with Crippen LogP contribution in [0.4, 0.5) is 14.0 Å². The molecule has 8 heteroatoms. The molecule has 0 bridgehead atoms. The maximum atomic E-state index is 13.2. The van der Waals surface area contributed by atoms with E-state index in [1.54, 1.807) is 79.7 Å². The van der Waals surface area contributed by atoms with Crippen molar-refractivity contribution in [2.24, 2.45) is 0 Å². The second-order valence-electron chi connectivity index (χ2n) is 7.97. The van der Waals surface area contributed by atoms with Gasteiger partial charge in [0.05, 0.1) is 6.10 Å². The van der Waals surface area contributed by atoms with Crippen LogP contribution in [0.3, 0.4) is 0 Å². The second-order valence-corrected chi connectivity index (χ2v) is 7.97. The largest absolute Gasteiger partial charge is 0.539 e. The molecule has 1 unspecified atom stereocenters. The summed E-state index contributed by atoms with van der Waals surface area (Å²) in [5, 5.41) is 0.720. The fourth-order valence-electron chi connectivity index (χ4n) is 3.53. The van der Waals surface area contributed by atoms with Gasteiger partial charge in [-0.05, 0) is 61.7 Å². The number of nitrogens with zero attached hydrogens (tertiary/aromatic N) is 1. The minimum absolute atomic E-state index is 0.198. The maximum Gasteiger partial charge on any atom is 0.539 e. The fourth-order valence-corrected chi connectivity index (χ4v) is 3.53. The van der Waals surface area contributed by atoms with Gasteiger partial charge in [0.15, 0.2) is 0 Å². The second kappa shape index (κ2) is 11.9. The number of carbonyl (C=O) groups excluding carboxylic acids is 2. The van der Waals surface area contributed by atoms with Crippen molar-refractivity contribution < 1.29 is 33.0 Å². The van der Waals surface area contributed by atoms with Crippen molar-refractivity contribution in [2.75, 3.05) is 0 Å². The van der Waals surface area contributed by atoms with Crippen molar-refractivity contribution in [1.29, 1.82) is 0 Å². The number of ether oxygens (including phenoxy) is 3. The summed E-state index contributed by atoms with van der Waals surface area (Å²) in [5.74, 6) is 6.10. The van der Waals surface area contributed by atoms with Crippen LogP contribution in [0.5, 0.6) is 11.5 Å². The quantitative estimate of drug-likeness (QED) is 0.192. The summed E-state index contributed by atoms with van der Waals surface area (Å²) < 4.78 is 29.6. The third kappa shape index (κ3) is 6.84. The van der Waals surface area contributed by atoms with E-state index in [1.165, 1.54) is 12.1 Å². The highest BCUT2D eigenvalue weighted by atomic mass is 19.1. The zero-order chi connectivity index (χ0) is 25.3. The third-order valence-electron chi connectivity index (χ3n) is 5.31. The summed E-state index contributed by atoms with van der Waals surface area (Å²) in [4.78, 5) is 30.4. The highest BCUT2D eigenvalue weighted by Crippen LogP contribution is 2.32. The molecular formula is C28H24FNO6. The number of hydrogen-bond acceptors (Lipinski definition) is 6. The molecule has 0 spiro atoms. The monoisotopic (exact) mass is 489 g/mol. The molecule has 0 radical (unpaired) electrons. The van der Waals surface area contributed by atoms with Gasteiger partial charge in [0.1, 0.15) is 29.5 Å². The summed E-state index contributed by atoms with van der Waals surface area (Å²) in [6, 6.07) is 22.0. The molecule has 4 rings (SSSR count). The summed E-state index contributed by atoms with van der Waals surface area (Å²) in [7, 11) is 0. The predicted molar refractivity (Wildman–Crippen MR) is 128 cm³/mol. The lowest BCUT2D eigenvalue weighted by molar-refractivity contribution is -0.100. The van der Waals surface area contributed by atoms with E-state index in [2.05, 4.69) is 11.8 Å². The number of halogens is 1. The number of benzene rings is 3. The Morgan fingerprint density at radius 3 is 2.17 bits per heavy atom. The molecule has 3 aromatic carbocycles. The van der Waals surface area contributed by atoms with E-state index in [-0.39, 0.29) is 23.4 Å². The molecule has 1 heterocycles. The molecule has 3 atom stereocenters. The summed E-state index contributed by atoms with van der Waals surface area (Å²) >= 11 is 0. The Bertz CT molecular complexity index is 1220. The van der Waals surface area contributed by atoms with Crippen molar-refractivity contribution in [3.8, 4) is 23.3 Å². The molecule has 0 N–H and O–H groups in total. The molecule has 1 aliphatic heterocycles. The van der Waals surface area contributed by atoms with Gasteiger partial charge >= 0.3 is 12.2 Å². The molecule has 1 fully saturated rings. The Morgan fingerprint density at radius 1 is 0.917 bits per heavy atom. The summed E-state index contributed by atoms with van der Waals surface area (Å²) in [6.07, 6.45) is -1.27. The van der Waals surface area contributed by atoms with E-state index < -0.39 is 24.4 Å². The Balaban J connectivity index is 1.43. The van der Waals surface area contributed by atoms with Crippen molar-refractivity contribution in [2.45, 2.75) is 38.0 Å². The Kier molecular flexibility index (Phi) is 8.16. The highest BCUT2D eigenvalue weighted by molar-refractivity contribution is 5.73. The number of hydroxylamine groups is 2. The van der Waals surface area contributed by atoms with Crippen LogP contribution in [-0.4, -0.2) is 29.5 Å². The molecule has 7 nitrogen and oxygen atoms in total. The lowest BCUT2D eigenvalue weighted by Gasteiger charge is -2.22. The van der Waals surface area contributed by atoms with E-state index in [0.717, 1.165) is 17.0 Å². The standard InChI is InChI=1S/C28H24FNO6/c1-20(12-17-25-18-19-26(33-25)21-13-15-22(29)16-14-21)30(27(31)34-23-8-4-2-5-9-23)36-28(32)35-24-10-6-3-7-11-24/h2-11,13-16,20,25-26H,18-19H2,1H3/t20?,25-,26+/m0/s1. The molecule has 1 amide bonds. The van der Waals surface area contributed by atoms with E-state index in [1.807, 2.05) is 0 Å². The SMILES string of the molecule is CC(C#C[C@H]1CC[C@H](c2ccc(F)cc2)O1)N(OC(=O)Oc1ccccc1)C(=O)Oc1ccccc1. The van der Waals surface area contributed by atoms with Crippen LogP contribution < -0.4 is 9.47 Å². The Morgan fingerprint density at radius 2 is 1.53 bits per heavy atom. The van der Waals surface area contributed by atoms with E-state index >= 15 is 0 Å². The first-order valence-electron chi connectivity index (χ1n) is 11.4. The van der Waals surface area contributed by atoms with Crippen LogP contribution in [0.25, 0.3) is 0 Å². The van der Waals surface area contributed by atoms with Gasteiger partial charge in [0.25, 0.3) is 0 Å². The molecular weight excluding hydrogens is 465 g/mol. The maximum absolute atomic E-state index is 13.2. The highest BCUT2D eigenvalue weighted by Gasteiger charge is 2.29. The first-order chi connectivity index (χ1) is 17.5. The van der Waals surface area contributed by atoms with Gasteiger partial charge in [0, 0.05) is 0 Å². The topological polar surface area (TPSA) is 74.3 Å². The smallest absolute Gasteiger partial charge is 0.408 e. The van der Waals surface area contributed by atoms with Crippen molar-refractivity contribution in [3.63, 3.8) is 0 Å². The molecule has 1 saturated heterocycles. The van der Waals surface area contributed by atoms with Gasteiger partial charge in [-0.3, -0.25) is 4.84 Å². The van der Waals surface area contributed by atoms with E-state index in [0.29, 0.717) is 6.42 Å². The van der Waals surface area contributed by atoms with Crippen molar-refractivity contribution in [3.05, 3.63) is 96.3 Å². The molecule has 3 aromatic rings. The van der Waals surface area contributed by atoms with Crippen LogP contribution in [0.2, 0.25) is 0 Å². The lowest BCUT2D eigenvalue weighted by Crippen LogP contribution is -2.42. The van der Waals surface area contributed by atoms with Gasteiger partial charge in [-0.1, -0.05) is 60.4 Å². The fraction of sp³-hybridized carbons (Fsp3) is 0.214. The first kappa shape index (κ1) is 24.8. The Hall–Kier alpha value is -4.35. The molecule has 184 valence electrons. The zero-order valence-corrected chi connectivity index (χ0v) is 19.5. The van der Waals surface area contributed by atoms with Gasteiger partial charge in [-0.2, -0.15) is 0 Å². The Labute approximate surface area is 208 Å². The van der Waals surface area contributed by atoms with Crippen LogP contribution >= 0.6 is 0 Å². The number of rotatable bonds is 4. The molecule has 1 aliphatic rings. The van der Waals surface area contributed by atoms with Crippen molar-refractivity contribution in [1.82, 2.24) is 5.06 Å². The van der Waals surface area contributed by atoms with Gasteiger partial charge in [-0.15, -0.1) is 5.06 Å². The minimum atomic E-state index is -1.12. The van der Waals surface area contributed by atoms with Crippen LogP contribution in [-0.2, 0) is 9.57 Å². The minimum Gasteiger partial charge on any atom is -0.408 e. The first-order valence-corrected chi connectivity index (χ1v) is 11.4. The number of para-hydroxylation sites is 2. The van der Waals surface area contributed by atoms with Gasteiger partial charge < -0.3 is 14.2 Å². The van der Waals surface area contributed by atoms with E-state index in [9.17, 15) is 14.0 Å². The van der Waals surface area contributed by atoms with Crippen molar-refractivity contribution >= 4 is 12.2 Å². The molecule has 0 aliphatic carbocycles. The molecule has 36 heavy (non-hydrogen) atoms. The summed E-state index contributed by atoms with van der Waals surface area (Å²) in [5.41, 5.74) is 0.869. The lowest BCUT2D eigenvalue weighted by atomic mass is 10.1. The zero-order valence-electron chi connectivity index (χ0n) is 19.5. The molecule has 0 aromatic heterocycles. The number of carbonyl (C=O) groups is 2. The average molecular weight is 489 g/mol. The molecule has 0 saturated carbocycles. The van der Waals surface area contributed by atoms with Crippen LogP contribution in [0.1, 0.15) is 31.4 Å². The number of hydrogen-bond donors (Lipinski definition) is 0. The predicted octanol–water partition coefficient (Wildman–Crippen LogP) is 6.07. The van der Waals surface area contributed by atoms with Crippen LogP contribution in [0.15, 0.2) is 84.9 Å². The van der Waals surface area contributed by atoms with Gasteiger partial charge in [0.2, 0.25) is 0 Å². The third-order valence-corrected chi connectivity index (χ3v) is 5.31. The van der Waals surface area contributed by atoms with E-state index in [4.69, 9.17) is 19.0 Å². The number of amides is 1.